The van der Waals surface area contributed by atoms with Crippen molar-refractivity contribution in [2.45, 2.75) is 25.2 Å². The van der Waals surface area contributed by atoms with Crippen molar-refractivity contribution < 1.29 is 13.6 Å². The standard InChI is InChI=1S/C25H21N3O4S/c1-16-8-10-17(11-9-16)13-26-21(29)15-33-25-27-22-19-6-2-3-7-20(19)32-23(22)24(30)28(25)14-18-5-4-12-31-18/h2-12H,13-15H2,1H3,(H,26,29). The van der Waals surface area contributed by atoms with Crippen LogP contribution in [0.2, 0.25) is 0 Å². The molecule has 1 amide bonds. The van der Waals surface area contributed by atoms with E-state index in [1.54, 1.807) is 24.5 Å². The molecule has 0 bridgehead atoms. The maximum atomic E-state index is 13.3. The summed E-state index contributed by atoms with van der Waals surface area (Å²) in [4.78, 5) is 30.5. The van der Waals surface area contributed by atoms with Gasteiger partial charge in [0.15, 0.2) is 5.16 Å². The van der Waals surface area contributed by atoms with Crippen molar-refractivity contribution in [2.24, 2.45) is 0 Å². The number of carbonyl (C=O) groups is 1. The van der Waals surface area contributed by atoms with Gasteiger partial charge in [0.2, 0.25) is 11.5 Å². The topological polar surface area (TPSA) is 90.3 Å². The molecular formula is C25H21N3O4S. The van der Waals surface area contributed by atoms with Crippen molar-refractivity contribution in [3.63, 3.8) is 0 Å². The molecule has 33 heavy (non-hydrogen) atoms. The minimum atomic E-state index is -0.310. The Morgan fingerprint density at radius 2 is 1.91 bits per heavy atom. The Kier molecular flexibility index (Phi) is 5.75. The van der Waals surface area contributed by atoms with Crippen molar-refractivity contribution >= 4 is 39.7 Å². The largest absolute Gasteiger partial charge is 0.467 e. The van der Waals surface area contributed by atoms with Crippen LogP contribution < -0.4 is 10.9 Å². The van der Waals surface area contributed by atoms with Gasteiger partial charge < -0.3 is 14.2 Å². The van der Waals surface area contributed by atoms with Crippen molar-refractivity contribution in [3.8, 4) is 0 Å². The number of fused-ring (bicyclic) bond motifs is 3. The summed E-state index contributed by atoms with van der Waals surface area (Å²) in [6.45, 7) is 2.66. The van der Waals surface area contributed by atoms with Gasteiger partial charge >= 0.3 is 0 Å². The second kappa shape index (κ2) is 8.99. The second-order valence-corrected chi connectivity index (χ2v) is 8.63. The van der Waals surface area contributed by atoms with Crippen LogP contribution in [-0.4, -0.2) is 21.2 Å². The number of amides is 1. The minimum Gasteiger partial charge on any atom is -0.467 e. The Morgan fingerprint density at radius 1 is 1.09 bits per heavy atom. The first-order chi connectivity index (χ1) is 16.1. The van der Waals surface area contributed by atoms with E-state index >= 15 is 0 Å². The van der Waals surface area contributed by atoms with Crippen LogP contribution in [-0.2, 0) is 17.9 Å². The molecule has 166 valence electrons. The lowest BCUT2D eigenvalue weighted by molar-refractivity contribution is -0.118. The molecule has 0 radical (unpaired) electrons. The van der Waals surface area contributed by atoms with Gasteiger partial charge in [0.1, 0.15) is 16.9 Å². The third-order valence-corrected chi connectivity index (χ3v) is 6.26. The van der Waals surface area contributed by atoms with Crippen molar-refractivity contribution in [1.29, 1.82) is 0 Å². The van der Waals surface area contributed by atoms with Crippen LogP contribution >= 0.6 is 11.8 Å². The summed E-state index contributed by atoms with van der Waals surface area (Å²) in [6, 6.07) is 18.9. The van der Waals surface area contributed by atoms with Gasteiger partial charge in [-0.15, -0.1) is 0 Å². The van der Waals surface area contributed by atoms with Gasteiger partial charge in [-0.1, -0.05) is 53.7 Å². The molecule has 0 saturated carbocycles. The molecule has 3 aromatic heterocycles. The van der Waals surface area contributed by atoms with Crippen LogP contribution in [0.25, 0.3) is 22.1 Å². The average Bonchev–Trinajstić information content (AvgIpc) is 3.47. The Morgan fingerprint density at radius 3 is 2.70 bits per heavy atom. The molecule has 5 rings (SSSR count). The maximum absolute atomic E-state index is 13.3. The summed E-state index contributed by atoms with van der Waals surface area (Å²) < 4.78 is 12.7. The third-order valence-electron chi connectivity index (χ3n) is 5.28. The highest BCUT2D eigenvalue weighted by Gasteiger charge is 2.19. The van der Waals surface area contributed by atoms with Gasteiger partial charge in [0, 0.05) is 11.9 Å². The first kappa shape index (κ1) is 21.1. The number of furan rings is 2. The van der Waals surface area contributed by atoms with E-state index in [9.17, 15) is 9.59 Å². The lowest BCUT2D eigenvalue weighted by atomic mass is 10.1. The van der Waals surface area contributed by atoms with Gasteiger partial charge in [0.05, 0.1) is 18.6 Å². The van der Waals surface area contributed by atoms with Crippen LogP contribution in [0.1, 0.15) is 16.9 Å². The molecule has 0 aliphatic heterocycles. The van der Waals surface area contributed by atoms with E-state index in [1.165, 1.54) is 21.9 Å². The van der Waals surface area contributed by atoms with Gasteiger partial charge in [-0.3, -0.25) is 14.2 Å². The number of nitrogens with zero attached hydrogens (tertiary/aromatic N) is 2. The molecule has 0 aliphatic rings. The fourth-order valence-corrected chi connectivity index (χ4v) is 4.37. The molecule has 1 N–H and O–H groups in total. The molecule has 0 spiro atoms. The fourth-order valence-electron chi connectivity index (χ4n) is 3.55. The van der Waals surface area contributed by atoms with Crippen LogP contribution in [0.5, 0.6) is 0 Å². The monoisotopic (exact) mass is 459 g/mol. The predicted molar refractivity (Wildman–Crippen MR) is 127 cm³/mol. The number of aryl methyl sites for hydroxylation is 1. The second-order valence-electron chi connectivity index (χ2n) is 7.69. The number of hydrogen-bond acceptors (Lipinski definition) is 6. The highest BCUT2D eigenvalue weighted by atomic mass is 32.2. The van der Waals surface area contributed by atoms with E-state index in [0.29, 0.717) is 28.6 Å². The Hall–Kier alpha value is -3.78. The third kappa shape index (κ3) is 4.42. The zero-order valence-corrected chi connectivity index (χ0v) is 18.7. The molecule has 0 saturated heterocycles. The van der Waals surface area contributed by atoms with Crippen LogP contribution in [0.15, 0.2) is 85.7 Å². The van der Waals surface area contributed by atoms with Gasteiger partial charge in [-0.05, 0) is 36.8 Å². The summed E-state index contributed by atoms with van der Waals surface area (Å²) in [5.74, 6) is 0.592. The number of para-hydroxylation sites is 1. The molecule has 0 aliphatic carbocycles. The van der Waals surface area contributed by atoms with Crippen molar-refractivity contribution in [1.82, 2.24) is 14.9 Å². The quantitative estimate of drug-likeness (QED) is 0.285. The fraction of sp³-hybridized carbons (Fsp3) is 0.160. The molecule has 0 unspecified atom stereocenters. The number of nitrogens with one attached hydrogen (secondary N) is 1. The number of hydrogen-bond donors (Lipinski definition) is 1. The number of rotatable bonds is 7. The molecule has 3 heterocycles. The van der Waals surface area contributed by atoms with Crippen molar-refractivity contribution in [2.75, 3.05) is 5.75 Å². The average molecular weight is 460 g/mol. The minimum absolute atomic E-state index is 0.123. The Labute approximate surface area is 193 Å². The van der Waals surface area contributed by atoms with E-state index < -0.39 is 0 Å². The molecule has 2 aromatic carbocycles. The Bertz CT molecular complexity index is 1480. The lowest BCUT2D eigenvalue weighted by Crippen LogP contribution is -2.26. The first-order valence-electron chi connectivity index (χ1n) is 10.5. The van der Waals surface area contributed by atoms with E-state index in [-0.39, 0.29) is 29.3 Å². The summed E-state index contributed by atoms with van der Waals surface area (Å²) >= 11 is 1.21. The van der Waals surface area contributed by atoms with Gasteiger partial charge in [0.25, 0.3) is 5.56 Å². The van der Waals surface area contributed by atoms with Crippen LogP contribution in [0, 0.1) is 6.92 Å². The zero-order valence-electron chi connectivity index (χ0n) is 17.9. The number of carbonyl (C=O) groups excluding carboxylic acids is 1. The van der Waals surface area contributed by atoms with Gasteiger partial charge in [-0.25, -0.2) is 4.98 Å². The summed E-state index contributed by atoms with van der Waals surface area (Å²) in [5, 5.41) is 4.11. The van der Waals surface area contributed by atoms with Crippen LogP contribution in [0.3, 0.4) is 0 Å². The summed E-state index contributed by atoms with van der Waals surface area (Å²) in [6.07, 6.45) is 1.55. The normalized spacial score (nSPS) is 11.3. The van der Waals surface area contributed by atoms with Crippen LogP contribution in [0.4, 0.5) is 0 Å². The number of benzene rings is 2. The smallest absolute Gasteiger partial charge is 0.298 e. The highest BCUT2D eigenvalue weighted by molar-refractivity contribution is 7.99. The number of aromatic nitrogens is 2. The van der Waals surface area contributed by atoms with E-state index in [1.807, 2.05) is 49.4 Å². The molecule has 7 nitrogen and oxygen atoms in total. The molecule has 5 aromatic rings. The van der Waals surface area contributed by atoms with E-state index in [4.69, 9.17) is 13.8 Å². The summed E-state index contributed by atoms with van der Waals surface area (Å²) in [5.41, 5.74) is 3.17. The van der Waals surface area contributed by atoms with Gasteiger partial charge in [-0.2, -0.15) is 0 Å². The maximum Gasteiger partial charge on any atom is 0.298 e. The first-order valence-corrected chi connectivity index (χ1v) is 11.5. The zero-order chi connectivity index (χ0) is 22.8. The van der Waals surface area contributed by atoms with E-state index in [2.05, 4.69) is 5.32 Å². The summed E-state index contributed by atoms with van der Waals surface area (Å²) in [7, 11) is 0. The lowest BCUT2D eigenvalue weighted by Gasteiger charge is -2.11. The highest BCUT2D eigenvalue weighted by Crippen LogP contribution is 2.27. The van der Waals surface area contributed by atoms with E-state index in [0.717, 1.165) is 10.9 Å². The molecule has 0 fully saturated rings. The number of thioether (sulfide) groups is 1. The predicted octanol–water partition coefficient (Wildman–Crippen LogP) is 4.50. The molecule has 0 atom stereocenters. The SMILES string of the molecule is Cc1ccc(CNC(=O)CSc2nc3c(oc4ccccc43)c(=O)n2Cc2ccco2)cc1. The molecular weight excluding hydrogens is 438 g/mol. The Balaban J connectivity index is 1.42. The van der Waals surface area contributed by atoms with Crippen molar-refractivity contribution in [3.05, 3.63) is 94.2 Å². The molecule has 8 heteroatoms.